The van der Waals surface area contributed by atoms with Crippen LogP contribution in [0.3, 0.4) is 0 Å². The second-order valence-electron chi connectivity index (χ2n) is 7.98. The molecule has 1 aliphatic heterocycles. The number of nitrogens with zero attached hydrogens (tertiary/aromatic N) is 6. The summed E-state index contributed by atoms with van der Waals surface area (Å²) in [7, 11) is 0. The van der Waals surface area contributed by atoms with Gasteiger partial charge in [-0.05, 0) is 42.3 Å². The Kier molecular flexibility index (Phi) is 5.80. The Morgan fingerprint density at radius 3 is 2.36 bits per heavy atom. The fraction of sp³-hybridized carbons (Fsp3) is 0.240. The Morgan fingerprint density at radius 2 is 1.64 bits per heavy atom. The number of fused-ring (bicyclic) bond motifs is 1. The van der Waals surface area contributed by atoms with Gasteiger partial charge in [0, 0.05) is 61.4 Å². The number of rotatable bonds is 5. The highest BCUT2D eigenvalue weighted by Gasteiger charge is 2.23. The minimum Gasteiger partial charge on any atom is -0.337 e. The minimum absolute atomic E-state index is 0.0328. The third-order valence-electron chi connectivity index (χ3n) is 5.83. The molecule has 2 aromatic carbocycles. The Balaban J connectivity index is 1.19. The first kappa shape index (κ1) is 20.8. The van der Waals surface area contributed by atoms with Gasteiger partial charge in [0.2, 0.25) is 11.9 Å². The van der Waals surface area contributed by atoms with E-state index in [1.807, 2.05) is 65.8 Å². The van der Waals surface area contributed by atoms with Crippen molar-refractivity contribution in [3.63, 3.8) is 0 Å². The van der Waals surface area contributed by atoms with Crippen LogP contribution >= 0.6 is 0 Å². The molecule has 0 radical (unpaired) electrons. The van der Waals surface area contributed by atoms with E-state index >= 15 is 0 Å². The van der Waals surface area contributed by atoms with Gasteiger partial charge in [-0.1, -0.05) is 25.1 Å². The topological polar surface area (TPSA) is 87.1 Å². The molecule has 0 spiro atoms. The zero-order valence-electron chi connectivity index (χ0n) is 18.5. The fourth-order valence-corrected chi connectivity index (χ4v) is 3.84. The summed E-state index contributed by atoms with van der Waals surface area (Å²) in [6, 6.07) is 15.3. The molecule has 3 heterocycles. The van der Waals surface area contributed by atoms with Crippen LogP contribution in [-0.2, 0) is 6.42 Å². The molecule has 4 aromatic rings. The quantitative estimate of drug-likeness (QED) is 0.507. The summed E-state index contributed by atoms with van der Waals surface area (Å²) in [5.74, 6) is 1.29. The van der Waals surface area contributed by atoms with E-state index in [0.29, 0.717) is 24.6 Å². The highest BCUT2D eigenvalue weighted by molar-refractivity contribution is 5.94. The lowest BCUT2D eigenvalue weighted by atomic mass is 10.1. The SMILES string of the molecule is CCc1cnc(N2CCN(C(=O)c3ccc(Nc4ncc5ccccc5n4)cc3)CC2)nc1. The van der Waals surface area contributed by atoms with E-state index in [-0.39, 0.29) is 5.91 Å². The molecule has 1 saturated heterocycles. The molecule has 0 saturated carbocycles. The van der Waals surface area contributed by atoms with E-state index in [0.717, 1.165) is 47.6 Å². The van der Waals surface area contributed by atoms with Gasteiger partial charge in [-0.2, -0.15) is 0 Å². The minimum atomic E-state index is 0.0328. The normalized spacial score (nSPS) is 13.8. The summed E-state index contributed by atoms with van der Waals surface area (Å²) in [5.41, 5.74) is 3.50. The van der Waals surface area contributed by atoms with Crippen molar-refractivity contribution < 1.29 is 4.79 Å². The van der Waals surface area contributed by atoms with Gasteiger partial charge in [0.1, 0.15) is 0 Å². The maximum absolute atomic E-state index is 13.0. The lowest BCUT2D eigenvalue weighted by molar-refractivity contribution is 0.0746. The third kappa shape index (κ3) is 4.59. The van der Waals surface area contributed by atoms with Crippen LogP contribution in [0.4, 0.5) is 17.6 Å². The van der Waals surface area contributed by atoms with Gasteiger partial charge < -0.3 is 15.1 Å². The number of carbonyl (C=O) groups excluding carboxylic acids is 1. The molecular formula is C25H25N7O. The molecule has 166 valence electrons. The molecule has 33 heavy (non-hydrogen) atoms. The summed E-state index contributed by atoms with van der Waals surface area (Å²) in [4.78, 5) is 34.8. The van der Waals surface area contributed by atoms with Crippen molar-refractivity contribution in [1.82, 2.24) is 24.8 Å². The van der Waals surface area contributed by atoms with E-state index in [2.05, 4.69) is 37.1 Å². The number of hydrogen-bond acceptors (Lipinski definition) is 7. The van der Waals surface area contributed by atoms with E-state index in [9.17, 15) is 4.79 Å². The maximum atomic E-state index is 13.0. The summed E-state index contributed by atoms with van der Waals surface area (Å²) in [6.07, 6.45) is 6.47. The third-order valence-corrected chi connectivity index (χ3v) is 5.83. The van der Waals surface area contributed by atoms with Crippen LogP contribution < -0.4 is 10.2 Å². The Bertz CT molecular complexity index is 1250. The molecule has 1 N–H and O–H groups in total. The van der Waals surface area contributed by atoms with Gasteiger partial charge in [-0.3, -0.25) is 4.79 Å². The van der Waals surface area contributed by atoms with E-state index < -0.39 is 0 Å². The highest BCUT2D eigenvalue weighted by Crippen LogP contribution is 2.19. The van der Waals surface area contributed by atoms with Gasteiger partial charge in [-0.25, -0.2) is 19.9 Å². The second-order valence-corrected chi connectivity index (χ2v) is 7.98. The van der Waals surface area contributed by atoms with Crippen LogP contribution in [0.15, 0.2) is 67.1 Å². The number of benzene rings is 2. The fourth-order valence-electron chi connectivity index (χ4n) is 3.84. The Morgan fingerprint density at radius 1 is 0.909 bits per heavy atom. The zero-order valence-corrected chi connectivity index (χ0v) is 18.5. The molecule has 2 aromatic heterocycles. The first-order chi connectivity index (χ1) is 16.2. The van der Waals surface area contributed by atoms with Crippen LogP contribution in [0, 0.1) is 0 Å². The van der Waals surface area contributed by atoms with Gasteiger partial charge in [-0.15, -0.1) is 0 Å². The largest absolute Gasteiger partial charge is 0.337 e. The monoisotopic (exact) mass is 439 g/mol. The van der Waals surface area contributed by atoms with Crippen molar-refractivity contribution in [2.45, 2.75) is 13.3 Å². The standard InChI is InChI=1S/C25H25N7O/c1-2-18-15-27-25(28-16-18)32-13-11-31(12-14-32)23(33)19-7-9-21(10-8-19)29-24-26-17-20-5-3-4-6-22(20)30-24/h3-10,15-17H,2,11-14H2,1H3,(H,26,29,30). The van der Waals surface area contributed by atoms with Gasteiger partial charge in [0.15, 0.2) is 0 Å². The summed E-state index contributed by atoms with van der Waals surface area (Å²) in [5, 5.41) is 4.20. The highest BCUT2D eigenvalue weighted by atomic mass is 16.2. The van der Waals surface area contributed by atoms with Crippen LogP contribution in [0.25, 0.3) is 10.9 Å². The molecule has 0 unspecified atom stereocenters. The molecule has 5 rings (SSSR count). The van der Waals surface area contributed by atoms with Crippen LogP contribution in [0.1, 0.15) is 22.8 Å². The molecule has 0 bridgehead atoms. The van der Waals surface area contributed by atoms with Crippen molar-refractivity contribution in [2.75, 3.05) is 36.4 Å². The predicted octanol–water partition coefficient (Wildman–Crippen LogP) is 3.69. The van der Waals surface area contributed by atoms with Gasteiger partial charge in [0.05, 0.1) is 5.52 Å². The molecule has 8 nitrogen and oxygen atoms in total. The predicted molar refractivity (Wildman–Crippen MR) is 129 cm³/mol. The molecule has 0 aliphatic carbocycles. The van der Waals surface area contributed by atoms with Crippen LogP contribution in [0.2, 0.25) is 0 Å². The molecule has 1 amide bonds. The number of piperazine rings is 1. The van der Waals surface area contributed by atoms with Crippen molar-refractivity contribution in [3.8, 4) is 0 Å². The average molecular weight is 440 g/mol. The first-order valence-corrected chi connectivity index (χ1v) is 11.1. The lowest BCUT2D eigenvalue weighted by Gasteiger charge is -2.34. The summed E-state index contributed by atoms with van der Waals surface area (Å²) >= 11 is 0. The van der Waals surface area contributed by atoms with E-state index in [4.69, 9.17) is 0 Å². The van der Waals surface area contributed by atoms with Gasteiger partial charge >= 0.3 is 0 Å². The Labute approximate surface area is 192 Å². The van der Waals surface area contributed by atoms with E-state index in [1.54, 1.807) is 6.20 Å². The number of anilines is 3. The van der Waals surface area contributed by atoms with E-state index in [1.165, 1.54) is 0 Å². The molecular weight excluding hydrogens is 414 g/mol. The lowest BCUT2D eigenvalue weighted by Crippen LogP contribution is -2.49. The van der Waals surface area contributed by atoms with Gasteiger partial charge in [0.25, 0.3) is 5.91 Å². The number of aryl methyl sites for hydroxylation is 1. The number of nitrogens with one attached hydrogen (secondary N) is 1. The molecule has 8 heteroatoms. The summed E-state index contributed by atoms with van der Waals surface area (Å²) in [6.45, 7) is 4.81. The first-order valence-electron chi connectivity index (χ1n) is 11.1. The smallest absolute Gasteiger partial charge is 0.253 e. The van der Waals surface area contributed by atoms with Crippen LogP contribution in [0.5, 0.6) is 0 Å². The molecule has 1 fully saturated rings. The van der Waals surface area contributed by atoms with Crippen molar-refractivity contribution in [2.24, 2.45) is 0 Å². The second kappa shape index (κ2) is 9.20. The number of amides is 1. The number of carbonyl (C=O) groups is 1. The maximum Gasteiger partial charge on any atom is 0.253 e. The van der Waals surface area contributed by atoms with Crippen molar-refractivity contribution in [3.05, 3.63) is 78.2 Å². The van der Waals surface area contributed by atoms with Crippen LogP contribution in [-0.4, -0.2) is 56.9 Å². The number of para-hydroxylation sites is 1. The summed E-state index contributed by atoms with van der Waals surface area (Å²) < 4.78 is 0. The molecule has 1 aliphatic rings. The number of aromatic nitrogens is 4. The van der Waals surface area contributed by atoms with Crippen molar-refractivity contribution >= 4 is 34.4 Å². The average Bonchev–Trinajstić information content (AvgIpc) is 2.89. The molecule has 0 atom stereocenters. The Hall–Kier alpha value is -4.07. The van der Waals surface area contributed by atoms with Crippen molar-refractivity contribution in [1.29, 1.82) is 0 Å². The zero-order chi connectivity index (χ0) is 22.6. The number of hydrogen-bond donors (Lipinski definition) is 1.